The fraction of sp³-hybridized carbons (Fsp3) is 0.500. The van der Waals surface area contributed by atoms with Crippen molar-refractivity contribution in [3.8, 4) is 5.75 Å². The number of rotatable bonds is 4. The van der Waals surface area contributed by atoms with Crippen LogP contribution in [-0.2, 0) is 15.8 Å². The molecule has 1 aliphatic heterocycles. The topological polar surface area (TPSA) is 72.6 Å². The van der Waals surface area contributed by atoms with Crippen LogP contribution >= 0.6 is 0 Å². The number of para-hydroxylation sites is 1. The zero-order valence-electron chi connectivity index (χ0n) is 13.2. The van der Waals surface area contributed by atoms with Gasteiger partial charge >= 0.3 is 6.18 Å². The first-order valence-electron chi connectivity index (χ1n) is 7.61. The van der Waals surface area contributed by atoms with Gasteiger partial charge in [0, 0.05) is 19.0 Å². The van der Waals surface area contributed by atoms with Crippen molar-refractivity contribution in [2.45, 2.75) is 32.0 Å². The molecule has 0 unspecified atom stereocenters. The molecule has 0 bridgehead atoms. The average Bonchev–Trinajstić information content (AvgIpc) is 2.53. The molecule has 5 nitrogen and oxygen atoms in total. The molecule has 1 atom stereocenters. The molecule has 132 valence electrons. The van der Waals surface area contributed by atoms with Gasteiger partial charge in [0.25, 0.3) is 5.91 Å². The fourth-order valence-corrected chi connectivity index (χ4v) is 2.69. The summed E-state index contributed by atoms with van der Waals surface area (Å²) >= 11 is 0. The maximum absolute atomic E-state index is 13.0. The van der Waals surface area contributed by atoms with Crippen LogP contribution in [0.25, 0.3) is 0 Å². The Kier molecular flexibility index (Phi) is 5.36. The van der Waals surface area contributed by atoms with Gasteiger partial charge in [0.05, 0.1) is 5.56 Å². The Hall–Kier alpha value is -2.25. The van der Waals surface area contributed by atoms with E-state index in [9.17, 15) is 22.8 Å². The van der Waals surface area contributed by atoms with Crippen LogP contribution < -0.4 is 10.5 Å². The Bertz CT molecular complexity index is 611. The van der Waals surface area contributed by atoms with Gasteiger partial charge in [0.15, 0.2) is 6.10 Å². The lowest BCUT2D eigenvalue weighted by molar-refractivity contribution is -0.144. The first-order valence-corrected chi connectivity index (χ1v) is 7.61. The standard InChI is InChI=1S/C16H19F3N2O3/c1-10(15(23)21-8-6-11(7-9-21)14(20)22)24-13-5-3-2-4-12(13)16(17,18)19/h2-5,10-11H,6-9H2,1H3,(H2,20,22)/t10-/m0/s1. The summed E-state index contributed by atoms with van der Waals surface area (Å²) in [5, 5.41) is 0. The van der Waals surface area contributed by atoms with E-state index in [0.29, 0.717) is 25.9 Å². The Morgan fingerprint density at radius 2 is 1.83 bits per heavy atom. The van der Waals surface area contributed by atoms with E-state index in [1.54, 1.807) is 0 Å². The van der Waals surface area contributed by atoms with Crippen LogP contribution in [0.1, 0.15) is 25.3 Å². The smallest absolute Gasteiger partial charge is 0.419 e. The van der Waals surface area contributed by atoms with Crippen LogP contribution in [0.4, 0.5) is 13.2 Å². The molecule has 0 saturated carbocycles. The van der Waals surface area contributed by atoms with Gasteiger partial charge in [-0.15, -0.1) is 0 Å². The van der Waals surface area contributed by atoms with Gasteiger partial charge in [0.1, 0.15) is 5.75 Å². The second kappa shape index (κ2) is 7.11. The van der Waals surface area contributed by atoms with Crippen LogP contribution in [0.15, 0.2) is 24.3 Å². The molecule has 1 fully saturated rings. The minimum absolute atomic E-state index is 0.267. The molecular weight excluding hydrogens is 325 g/mol. The van der Waals surface area contributed by atoms with Gasteiger partial charge in [-0.1, -0.05) is 12.1 Å². The number of halogens is 3. The third-order valence-electron chi connectivity index (χ3n) is 4.05. The minimum Gasteiger partial charge on any atom is -0.480 e. The molecule has 2 rings (SSSR count). The summed E-state index contributed by atoms with van der Waals surface area (Å²) in [5.41, 5.74) is 4.32. The number of nitrogens with two attached hydrogens (primary N) is 1. The molecule has 2 amide bonds. The number of alkyl halides is 3. The Morgan fingerprint density at radius 3 is 2.38 bits per heavy atom. The summed E-state index contributed by atoms with van der Waals surface area (Å²) in [6.45, 7) is 2.08. The molecule has 1 aromatic rings. The highest BCUT2D eigenvalue weighted by Gasteiger charge is 2.35. The zero-order valence-corrected chi connectivity index (χ0v) is 13.2. The van der Waals surface area contributed by atoms with Gasteiger partial charge in [-0.3, -0.25) is 9.59 Å². The van der Waals surface area contributed by atoms with Crippen molar-refractivity contribution in [2.75, 3.05) is 13.1 Å². The van der Waals surface area contributed by atoms with Crippen LogP contribution in [0.5, 0.6) is 5.75 Å². The van der Waals surface area contributed by atoms with Crippen molar-refractivity contribution in [3.05, 3.63) is 29.8 Å². The minimum atomic E-state index is -4.56. The van der Waals surface area contributed by atoms with Gasteiger partial charge < -0.3 is 15.4 Å². The molecule has 24 heavy (non-hydrogen) atoms. The maximum atomic E-state index is 13.0. The summed E-state index contributed by atoms with van der Waals surface area (Å²) in [6.07, 6.45) is -4.71. The number of carbonyl (C=O) groups excluding carboxylic acids is 2. The number of benzene rings is 1. The van der Waals surface area contributed by atoms with E-state index in [2.05, 4.69) is 0 Å². The number of likely N-dealkylation sites (tertiary alicyclic amines) is 1. The van der Waals surface area contributed by atoms with Crippen LogP contribution in [-0.4, -0.2) is 35.9 Å². The zero-order chi connectivity index (χ0) is 17.9. The molecule has 1 aromatic carbocycles. The number of amides is 2. The van der Waals surface area contributed by atoms with E-state index in [1.165, 1.54) is 30.0 Å². The summed E-state index contributed by atoms with van der Waals surface area (Å²) in [5.74, 6) is -1.45. The molecular formula is C16H19F3N2O3. The molecule has 0 radical (unpaired) electrons. The maximum Gasteiger partial charge on any atom is 0.419 e. The quantitative estimate of drug-likeness (QED) is 0.910. The molecule has 0 aromatic heterocycles. The van der Waals surface area contributed by atoms with Crippen molar-refractivity contribution in [2.24, 2.45) is 11.7 Å². The number of primary amides is 1. The average molecular weight is 344 g/mol. The largest absolute Gasteiger partial charge is 0.480 e. The number of nitrogens with zero attached hydrogens (tertiary/aromatic N) is 1. The summed E-state index contributed by atoms with van der Waals surface area (Å²) < 4.78 is 44.1. The number of carbonyl (C=O) groups is 2. The van der Waals surface area contributed by atoms with E-state index < -0.39 is 29.7 Å². The number of ether oxygens (including phenoxy) is 1. The highest BCUT2D eigenvalue weighted by Crippen LogP contribution is 2.36. The summed E-state index contributed by atoms with van der Waals surface area (Å²) in [6, 6.07) is 4.77. The molecule has 8 heteroatoms. The van der Waals surface area contributed by atoms with E-state index in [1.807, 2.05) is 0 Å². The number of hydrogen-bond donors (Lipinski definition) is 1. The Labute approximate surface area is 137 Å². The van der Waals surface area contributed by atoms with Gasteiger partial charge in [-0.25, -0.2) is 0 Å². The number of hydrogen-bond acceptors (Lipinski definition) is 3. The monoisotopic (exact) mass is 344 g/mol. The summed E-state index contributed by atoms with van der Waals surface area (Å²) in [4.78, 5) is 25.0. The molecule has 0 spiro atoms. The lowest BCUT2D eigenvalue weighted by atomic mass is 9.96. The van der Waals surface area contributed by atoms with Crippen molar-refractivity contribution >= 4 is 11.8 Å². The Balaban J connectivity index is 2.02. The van der Waals surface area contributed by atoms with Crippen LogP contribution in [0, 0.1) is 5.92 Å². The second-order valence-electron chi connectivity index (χ2n) is 5.76. The highest BCUT2D eigenvalue weighted by molar-refractivity contribution is 5.82. The van der Waals surface area contributed by atoms with E-state index >= 15 is 0 Å². The van der Waals surface area contributed by atoms with Crippen LogP contribution in [0.3, 0.4) is 0 Å². The van der Waals surface area contributed by atoms with Gasteiger partial charge in [-0.2, -0.15) is 13.2 Å². The highest BCUT2D eigenvalue weighted by atomic mass is 19.4. The SMILES string of the molecule is C[C@H](Oc1ccccc1C(F)(F)F)C(=O)N1CCC(C(N)=O)CC1. The molecule has 1 heterocycles. The van der Waals surface area contributed by atoms with Gasteiger partial charge in [-0.05, 0) is 31.9 Å². The predicted octanol–water partition coefficient (Wildman–Crippen LogP) is 2.20. The molecule has 0 aliphatic carbocycles. The predicted molar refractivity (Wildman–Crippen MR) is 80.0 cm³/mol. The molecule has 1 saturated heterocycles. The van der Waals surface area contributed by atoms with Crippen molar-refractivity contribution in [1.29, 1.82) is 0 Å². The normalized spacial score (nSPS) is 17.4. The van der Waals surface area contributed by atoms with Crippen LogP contribution in [0.2, 0.25) is 0 Å². The third kappa shape index (κ3) is 4.18. The molecule has 2 N–H and O–H groups in total. The van der Waals surface area contributed by atoms with E-state index in [4.69, 9.17) is 10.5 Å². The first kappa shape index (κ1) is 18.1. The second-order valence-corrected chi connectivity index (χ2v) is 5.76. The van der Waals surface area contributed by atoms with Crippen molar-refractivity contribution < 1.29 is 27.5 Å². The lowest BCUT2D eigenvalue weighted by Gasteiger charge is -2.32. The third-order valence-corrected chi connectivity index (χ3v) is 4.05. The van der Waals surface area contributed by atoms with Crippen molar-refractivity contribution in [3.63, 3.8) is 0 Å². The first-order chi connectivity index (χ1) is 11.2. The molecule has 1 aliphatic rings. The lowest BCUT2D eigenvalue weighted by Crippen LogP contribution is -2.46. The van der Waals surface area contributed by atoms with E-state index in [0.717, 1.165) is 6.07 Å². The van der Waals surface area contributed by atoms with Crippen molar-refractivity contribution in [1.82, 2.24) is 4.90 Å². The Morgan fingerprint density at radius 1 is 1.25 bits per heavy atom. The fourth-order valence-electron chi connectivity index (χ4n) is 2.69. The van der Waals surface area contributed by atoms with Gasteiger partial charge in [0.2, 0.25) is 5.91 Å². The summed E-state index contributed by atoms with van der Waals surface area (Å²) in [7, 11) is 0. The number of piperidine rings is 1. The van der Waals surface area contributed by atoms with E-state index in [-0.39, 0.29) is 11.7 Å².